The first-order chi connectivity index (χ1) is 9.30. The van der Waals surface area contributed by atoms with Gasteiger partial charge in [0.1, 0.15) is 11.5 Å². The van der Waals surface area contributed by atoms with E-state index in [-0.39, 0.29) is 12.4 Å². The highest BCUT2D eigenvalue weighted by Gasteiger charge is 2.21. The maximum atomic E-state index is 5.59. The summed E-state index contributed by atoms with van der Waals surface area (Å²) in [6.45, 7) is 4.30. The maximum Gasteiger partial charge on any atom is 0.132 e. The van der Waals surface area contributed by atoms with Crippen molar-refractivity contribution in [2.75, 3.05) is 33.1 Å². The molecule has 1 aliphatic heterocycles. The van der Waals surface area contributed by atoms with Crippen LogP contribution >= 0.6 is 24.2 Å². The van der Waals surface area contributed by atoms with Gasteiger partial charge in [-0.3, -0.25) is 0 Å². The summed E-state index contributed by atoms with van der Waals surface area (Å²) in [6, 6.07) is 4.28. The summed E-state index contributed by atoms with van der Waals surface area (Å²) >= 11 is 1.79. The molecule has 114 valence electrons. The van der Waals surface area contributed by atoms with Gasteiger partial charge in [-0.25, -0.2) is 0 Å². The van der Waals surface area contributed by atoms with Crippen LogP contribution in [0.25, 0.3) is 0 Å². The zero-order chi connectivity index (χ0) is 13.7. The van der Waals surface area contributed by atoms with Crippen LogP contribution in [0.3, 0.4) is 0 Å². The van der Waals surface area contributed by atoms with E-state index < -0.39 is 0 Å². The summed E-state index contributed by atoms with van der Waals surface area (Å²) in [6.07, 6.45) is 2.44. The molecule has 0 amide bonds. The number of ether oxygens (including phenoxy) is 2. The fourth-order valence-corrected chi connectivity index (χ4v) is 3.38. The van der Waals surface area contributed by atoms with E-state index in [2.05, 4.69) is 24.4 Å². The Hall–Kier alpha value is -0.580. The van der Waals surface area contributed by atoms with Crippen molar-refractivity contribution >= 4 is 24.2 Å². The number of halogens is 1. The Morgan fingerprint density at radius 3 is 2.55 bits per heavy atom. The van der Waals surface area contributed by atoms with E-state index in [4.69, 9.17) is 9.47 Å². The highest BCUT2D eigenvalue weighted by molar-refractivity contribution is 7.99. The van der Waals surface area contributed by atoms with Crippen LogP contribution in [0.5, 0.6) is 11.5 Å². The summed E-state index contributed by atoms with van der Waals surface area (Å²) < 4.78 is 11.1. The number of benzene rings is 1. The molecule has 0 saturated carbocycles. The summed E-state index contributed by atoms with van der Waals surface area (Å²) in [7, 11) is 3.49. The zero-order valence-corrected chi connectivity index (χ0v) is 14.0. The molecular weight excluding hydrogens is 294 g/mol. The second-order valence-corrected chi connectivity index (χ2v) is 6.03. The molecule has 1 aromatic carbocycles. The molecule has 0 aliphatic carbocycles. The van der Waals surface area contributed by atoms with E-state index in [9.17, 15) is 0 Å². The van der Waals surface area contributed by atoms with Crippen LogP contribution in [0.4, 0.5) is 0 Å². The van der Waals surface area contributed by atoms with Crippen molar-refractivity contribution in [3.8, 4) is 11.5 Å². The molecule has 3 nitrogen and oxygen atoms in total. The molecule has 1 fully saturated rings. The Morgan fingerprint density at radius 2 is 2.00 bits per heavy atom. The van der Waals surface area contributed by atoms with E-state index in [0.29, 0.717) is 5.92 Å². The first-order valence-electron chi connectivity index (χ1n) is 6.89. The minimum atomic E-state index is 0. The van der Waals surface area contributed by atoms with Gasteiger partial charge in [-0.15, -0.1) is 24.2 Å². The van der Waals surface area contributed by atoms with Gasteiger partial charge in [0.05, 0.1) is 19.1 Å². The van der Waals surface area contributed by atoms with Gasteiger partial charge in [0.15, 0.2) is 0 Å². The molecule has 1 heterocycles. The molecule has 20 heavy (non-hydrogen) atoms. The Bertz CT molecular complexity index is 423. The average Bonchev–Trinajstić information content (AvgIpc) is 2.48. The van der Waals surface area contributed by atoms with E-state index >= 15 is 0 Å². The van der Waals surface area contributed by atoms with Crippen molar-refractivity contribution < 1.29 is 9.47 Å². The lowest BCUT2D eigenvalue weighted by Crippen LogP contribution is -2.28. The summed E-state index contributed by atoms with van der Waals surface area (Å²) in [4.78, 5) is 1.16. The molecule has 1 aromatic rings. The van der Waals surface area contributed by atoms with Crippen molar-refractivity contribution in [2.45, 2.75) is 30.6 Å². The van der Waals surface area contributed by atoms with Crippen LogP contribution < -0.4 is 14.8 Å². The van der Waals surface area contributed by atoms with Crippen molar-refractivity contribution in [1.29, 1.82) is 0 Å². The van der Waals surface area contributed by atoms with Crippen molar-refractivity contribution in [1.82, 2.24) is 5.32 Å². The average molecular weight is 318 g/mol. The highest BCUT2D eigenvalue weighted by Crippen LogP contribution is 2.40. The van der Waals surface area contributed by atoms with Gasteiger partial charge in [-0.05, 0) is 37.3 Å². The Balaban J connectivity index is 0.00000200. The van der Waals surface area contributed by atoms with Gasteiger partial charge in [-0.1, -0.05) is 6.92 Å². The van der Waals surface area contributed by atoms with E-state index in [1.54, 1.807) is 26.0 Å². The molecule has 1 N–H and O–H groups in total. The van der Waals surface area contributed by atoms with E-state index in [1.165, 1.54) is 18.4 Å². The quantitative estimate of drug-likeness (QED) is 0.839. The van der Waals surface area contributed by atoms with Crippen molar-refractivity contribution in [3.05, 3.63) is 17.7 Å². The number of hydrogen-bond donors (Lipinski definition) is 1. The highest BCUT2D eigenvalue weighted by atomic mass is 35.5. The zero-order valence-electron chi connectivity index (χ0n) is 12.4. The number of rotatable bonds is 5. The third-order valence-corrected chi connectivity index (χ3v) is 4.47. The molecule has 0 radical (unpaired) electrons. The van der Waals surface area contributed by atoms with Crippen LogP contribution in [0.1, 0.15) is 31.2 Å². The Labute approximate surface area is 132 Å². The lowest BCUT2D eigenvalue weighted by Gasteiger charge is -2.25. The molecule has 0 spiro atoms. The van der Waals surface area contributed by atoms with Crippen LogP contribution in [0.2, 0.25) is 0 Å². The first-order valence-corrected chi connectivity index (χ1v) is 7.88. The molecule has 5 heteroatoms. The van der Waals surface area contributed by atoms with Gasteiger partial charge in [0.25, 0.3) is 0 Å². The fourth-order valence-electron chi connectivity index (χ4n) is 2.60. The molecular formula is C15H24ClNO2S. The topological polar surface area (TPSA) is 30.5 Å². The fraction of sp³-hybridized carbons (Fsp3) is 0.600. The number of nitrogens with one attached hydrogen (secondary N) is 1. The normalized spacial score (nSPS) is 18.2. The summed E-state index contributed by atoms with van der Waals surface area (Å²) in [5.41, 5.74) is 1.27. The number of hydrogen-bond acceptors (Lipinski definition) is 4. The van der Waals surface area contributed by atoms with Crippen molar-refractivity contribution in [3.63, 3.8) is 0 Å². The number of thioether (sulfide) groups is 1. The SMILES string of the molecule is CCSc1cc(OC)c(C2CCCNC2)cc1OC.Cl. The Kier molecular flexibility index (Phi) is 7.56. The monoisotopic (exact) mass is 317 g/mol. The van der Waals surface area contributed by atoms with Crippen LogP contribution in [-0.4, -0.2) is 33.1 Å². The number of piperidine rings is 1. The molecule has 0 aromatic heterocycles. The summed E-state index contributed by atoms with van der Waals surface area (Å²) in [5, 5.41) is 3.46. The van der Waals surface area contributed by atoms with Gasteiger partial charge in [-0.2, -0.15) is 0 Å². The van der Waals surface area contributed by atoms with Crippen LogP contribution in [0.15, 0.2) is 17.0 Å². The predicted molar refractivity (Wildman–Crippen MR) is 88.0 cm³/mol. The third-order valence-electron chi connectivity index (χ3n) is 3.55. The van der Waals surface area contributed by atoms with Crippen LogP contribution in [-0.2, 0) is 0 Å². The van der Waals surface area contributed by atoms with Gasteiger partial charge in [0, 0.05) is 18.0 Å². The van der Waals surface area contributed by atoms with Gasteiger partial charge < -0.3 is 14.8 Å². The minimum Gasteiger partial charge on any atom is -0.496 e. The largest absolute Gasteiger partial charge is 0.496 e. The van der Waals surface area contributed by atoms with Gasteiger partial charge >= 0.3 is 0 Å². The molecule has 2 rings (SSSR count). The van der Waals surface area contributed by atoms with Crippen LogP contribution in [0, 0.1) is 0 Å². The standard InChI is InChI=1S/C15H23NO2S.ClH/c1-4-19-15-9-13(17-2)12(8-14(15)18-3)11-6-5-7-16-10-11;/h8-9,11,16H,4-7,10H2,1-3H3;1H. The van der Waals surface area contributed by atoms with Crippen molar-refractivity contribution in [2.24, 2.45) is 0 Å². The second-order valence-electron chi connectivity index (χ2n) is 4.72. The molecule has 1 atom stereocenters. The Morgan fingerprint density at radius 1 is 1.25 bits per heavy atom. The molecule has 0 bridgehead atoms. The molecule has 1 unspecified atom stereocenters. The maximum absolute atomic E-state index is 5.59. The molecule has 1 aliphatic rings. The summed E-state index contributed by atoms with van der Waals surface area (Å²) in [5.74, 6) is 3.51. The van der Waals surface area contributed by atoms with E-state index in [1.807, 2.05) is 0 Å². The molecule has 1 saturated heterocycles. The minimum absolute atomic E-state index is 0. The third kappa shape index (κ3) is 3.96. The lowest BCUT2D eigenvalue weighted by atomic mass is 9.91. The first kappa shape index (κ1) is 17.5. The number of methoxy groups -OCH3 is 2. The second kappa shape index (κ2) is 8.65. The predicted octanol–water partition coefficient (Wildman–Crippen LogP) is 3.70. The lowest BCUT2D eigenvalue weighted by molar-refractivity contribution is 0.378. The van der Waals surface area contributed by atoms with E-state index in [0.717, 1.165) is 35.2 Å². The van der Waals surface area contributed by atoms with Gasteiger partial charge in [0.2, 0.25) is 0 Å². The smallest absolute Gasteiger partial charge is 0.132 e.